The van der Waals surface area contributed by atoms with Gasteiger partial charge in [0.2, 0.25) is 16.9 Å². The molecule has 2 heterocycles. The molecule has 0 aliphatic carbocycles. The van der Waals surface area contributed by atoms with Gasteiger partial charge in [-0.25, -0.2) is 0 Å². The first-order valence-electron chi connectivity index (χ1n) is 6.55. The molecule has 1 unspecified atom stereocenters. The zero-order valence-corrected chi connectivity index (χ0v) is 11.6. The highest BCUT2D eigenvalue weighted by Crippen LogP contribution is 2.31. The molecule has 3 aromatic rings. The van der Waals surface area contributed by atoms with Crippen LogP contribution in [0, 0.1) is 0 Å². The van der Waals surface area contributed by atoms with Gasteiger partial charge in [-0.3, -0.25) is 4.79 Å². The number of carboxylic acids is 1. The minimum absolute atomic E-state index is 0.0433. The summed E-state index contributed by atoms with van der Waals surface area (Å²) in [5, 5.41) is 11.2. The van der Waals surface area contributed by atoms with Gasteiger partial charge < -0.3 is 23.5 Å². The van der Waals surface area contributed by atoms with Crippen molar-refractivity contribution >= 4 is 16.9 Å². The van der Waals surface area contributed by atoms with Crippen molar-refractivity contribution in [1.29, 1.82) is 0 Å². The summed E-state index contributed by atoms with van der Waals surface area (Å²) in [6, 6.07) is 9.82. The van der Waals surface area contributed by atoms with E-state index in [0.717, 1.165) is 0 Å². The Hall–Kier alpha value is -3.02. The fourth-order valence-electron chi connectivity index (χ4n) is 2.03. The predicted octanol–water partition coefficient (Wildman–Crippen LogP) is 1.57. The van der Waals surface area contributed by atoms with Gasteiger partial charge in [-0.05, 0) is 31.2 Å². The normalized spacial score (nSPS) is 12.2. The SMILES string of the molecule is CC(Oc1c(-c2ccco2)oc2ccccc2c1=O)C(=O)[O-]. The minimum Gasteiger partial charge on any atom is -0.546 e. The summed E-state index contributed by atoms with van der Waals surface area (Å²) in [7, 11) is 0. The number of hydrogen-bond donors (Lipinski definition) is 0. The lowest BCUT2D eigenvalue weighted by atomic mass is 10.2. The molecule has 0 aliphatic rings. The Kier molecular flexibility index (Phi) is 3.42. The standard InChI is InChI=1S/C16H12O6/c1-9(16(18)19)21-15-13(17)10-5-2-3-6-11(10)22-14(15)12-7-4-8-20-12/h2-9H,1H3,(H,18,19)/p-1. The highest BCUT2D eigenvalue weighted by atomic mass is 16.5. The summed E-state index contributed by atoms with van der Waals surface area (Å²) in [5.74, 6) is -1.34. The van der Waals surface area contributed by atoms with E-state index in [1.165, 1.54) is 13.2 Å². The van der Waals surface area contributed by atoms with Crippen molar-refractivity contribution in [3.05, 3.63) is 52.9 Å². The van der Waals surface area contributed by atoms with Crippen LogP contribution in [0.2, 0.25) is 0 Å². The molecular formula is C16H11O6-. The third kappa shape index (κ3) is 2.35. The summed E-state index contributed by atoms with van der Waals surface area (Å²) < 4.78 is 16.1. The summed E-state index contributed by atoms with van der Waals surface area (Å²) in [6.07, 6.45) is 0.106. The second-order valence-corrected chi connectivity index (χ2v) is 4.64. The van der Waals surface area contributed by atoms with Gasteiger partial charge in [0.1, 0.15) is 11.7 Å². The van der Waals surface area contributed by atoms with Crippen molar-refractivity contribution in [2.24, 2.45) is 0 Å². The van der Waals surface area contributed by atoms with E-state index in [1.807, 2.05) is 0 Å². The monoisotopic (exact) mass is 299 g/mol. The molecule has 0 saturated carbocycles. The Bertz CT molecular complexity index is 875. The first-order valence-corrected chi connectivity index (χ1v) is 6.55. The van der Waals surface area contributed by atoms with Crippen LogP contribution < -0.4 is 15.3 Å². The number of hydrogen-bond acceptors (Lipinski definition) is 6. The molecule has 112 valence electrons. The van der Waals surface area contributed by atoms with Crippen LogP contribution >= 0.6 is 0 Å². The molecule has 0 radical (unpaired) electrons. The van der Waals surface area contributed by atoms with Crippen LogP contribution in [0.5, 0.6) is 5.75 Å². The summed E-state index contributed by atoms with van der Waals surface area (Å²) in [6.45, 7) is 1.27. The molecule has 0 amide bonds. The van der Waals surface area contributed by atoms with Gasteiger partial charge in [-0.1, -0.05) is 12.1 Å². The van der Waals surface area contributed by atoms with Gasteiger partial charge in [-0.15, -0.1) is 0 Å². The number of carbonyl (C=O) groups is 1. The van der Waals surface area contributed by atoms with E-state index in [2.05, 4.69) is 0 Å². The molecule has 6 heteroatoms. The van der Waals surface area contributed by atoms with Gasteiger partial charge in [-0.2, -0.15) is 0 Å². The lowest BCUT2D eigenvalue weighted by Gasteiger charge is -2.16. The molecule has 22 heavy (non-hydrogen) atoms. The maximum atomic E-state index is 12.6. The smallest absolute Gasteiger partial charge is 0.235 e. The molecule has 0 N–H and O–H groups in total. The fourth-order valence-corrected chi connectivity index (χ4v) is 2.03. The highest BCUT2D eigenvalue weighted by Gasteiger charge is 2.21. The lowest BCUT2D eigenvalue weighted by Crippen LogP contribution is -2.38. The summed E-state index contributed by atoms with van der Waals surface area (Å²) >= 11 is 0. The van der Waals surface area contributed by atoms with Gasteiger partial charge in [0.05, 0.1) is 17.6 Å². The molecule has 0 bridgehead atoms. The van der Waals surface area contributed by atoms with E-state index in [9.17, 15) is 14.7 Å². The zero-order chi connectivity index (χ0) is 15.7. The molecule has 0 fully saturated rings. The maximum absolute atomic E-state index is 12.6. The van der Waals surface area contributed by atoms with Crippen molar-refractivity contribution in [2.75, 3.05) is 0 Å². The number of aliphatic carboxylic acids is 1. The van der Waals surface area contributed by atoms with Crippen LogP contribution in [0.25, 0.3) is 22.5 Å². The van der Waals surface area contributed by atoms with Gasteiger partial charge in [0.25, 0.3) is 0 Å². The largest absolute Gasteiger partial charge is 0.546 e. The number of fused-ring (bicyclic) bond motifs is 1. The Morgan fingerprint density at radius 1 is 1.23 bits per heavy atom. The molecule has 3 rings (SSSR count). The second-order valence-electron chi connectivity index (χ2n) is 4.64. The number of furan rings is 1. The van der Waals surface area contributed by atoms with Gasteiger partial charge in [0, 0.05) is 0 Å². The fraction of sp³-hybridized carbons (Fsp3) is 0.125. The molecule has 1 aromatic carbocycles. The topological polar surface area (TPSA) is 92.7 Å². The molecule has 0 saturated heterocycles. The number of ether oxygens (including phenoxy) is 1. The van der Waals surface area contributed by atoms with Crippen LogP contribution in [0.1, 0.15) is 6.92 Å². The first-order chi connectivity index (χ1) is 10.6. The van der Waals surface area contributed by atoms with E-state index < -0.39 is 17.5 Å². The van der Waals surface area contributed by atoms with E-state index in [1.54, 1.807) is 36.4 Å². The number of rotatable bonds is 4. The molecule has 0 spiro atoms. The number of carbonyl (C=O) groups excluding carboxylic acids is 1. The average Bonchev–Trinajstić information content (AvgIpc) is 3.04. The Labute approximate surface area is 124 Å². The quantitative estimate of drug-likeness (QED) is 0.726. The van der Waals surface area contributed by atoms with Crippen molar-refractivity contribution in [2.45, 2.75) is 13.0 Å². The van der Waals surface area contributed by atoms with Crippen LogP contribution in [-0.2, 0) is 4.79 Å². The third-order valence-corrected chi connectivity index (χ3v) is 3.13. The summed E-state index contributed by atoms with van der Waals surface area (Å²) in [4.78, 5) is 23.4. The van der Waals surface area contributed by atoms with Crippen LogP contribution in [0.4, 0.5) is 0 Å². The van der Waals surface area contributed by atoms with Crippen LogP contribution in [0.15, 0.2) is 56.3 Å². The number of para-hydroxylation sites is 1. The minimum atomic E-state index is -1.43. The maximum Gasteiger partial charge on any atom is 0.235 e. The first kappa shape index (κ1) is 13.9. The molecule has 2 aromatic heterocycles. The second kappa shape index (κ2) is 5.40. The van der Waals surface area contributed by atoms with Crippen LogP contribution in [0.3, 0.4) is 0 Å². The Balaban J connectivity index is 2.26. The van der Waals surface area contributed by atoms with E-state index >= 15 is 0 Å². The molecule has 1 atom stereocenters. The summed E-state index contributed by atoms with van der Waals surface area (Å²) in [5.41, 5.74) is -0.117. The van der Waals surface area contributed by atoms with Crippen molar-refractivity contribution in [3.8, 4) is 17.3 Å². The van der Waals surface area contributed by atoms with E-state index in [-0.39, 0.29) is 17.3 Å². The van der Waals surface area contributed by atoms with E-state index in [4.69, 9.17) is 13.6 Å². The van der Waals surface area contributed by atoms with E-state index in [0.29, 0.717) is 11.0 Å². The van der Waals surface area contributed by atoms with Crippen LogP contribution in [-0.4, -0.2) is 12.1 Å². The zero-order valence-electron chi connectivity index (χ0n) is 11.6. The molecular weight excluding hydrogens is 288 g/mol. The van der Waals surface area contributed by atoms with Crippen molar-refractivity contribution in [3.63, 3.8) is 0 Å². The number of carboxylic acid groups (broad SMARTS) is 1. The predicted molar refractivity (Wildman–Crippen MR) is 75.3 cm³/mol. The van der Waals surface area contributed by atoms with Crippen molar-refractivity contribution in [1.82, 2.24) is 0 Å². The molecule has 0 aliphatic heterocycles. The van der Waals surface area contributed by atoms with Crippen molar-refractivity contribution < 1.29 is 23.5 Å². The highest BCUT2D eigenvalue weighted by molar-refractivity contribution is 5.81. The average molecular weight is 299 g/mol. The van der Waals surface area contributed by atoms with Gasteiger partial charge >= 0.3 is 0 Å². The molecule has 6 nitrogen and oxygen atoms in total. The Morgan fingerprint density at radius 3 is 2.68 bits per heavy atom. The van der Waals surface area contributed by atoms with Gasteiger partial charge in [0.15, 0.2) is 5.76 Å². The Morgan fingerprint density at radius 2 is 2.00 bits per heavy atom. The number of benzene rings is 1. The lowest BCUT2D eigenvalue weighted by molar-refractivity contribution is -0.312. The third-order valence-electron chi connectivity index (χ3n) is 3.13.